The number of piperidine rings is 1. The second kappa shape index (κ2) is 9.16. The first-order valence-electron chi connectivity index (χ1n) is 8.84. The number of Topliss-reactive ketones (excluding diaryl/α,β-unsaturated/α-hetero) is 1. The largest absolute Gasteiger partial charge is 0.444 e. The minimum Gasteiger partial charge on any atom is -0.444 e. The number of nitrogens with zero attached hydrogens (tertiary/aromatic N) is 1. The summed E-state index contributed by atoms with van der Waals surface area (Å²) in [7, 11) is 0. The van der Waals surface area contributed by atoms with Gasteiger partial charge in [0.05, 0.1) is 0 Å². The molecule has 4 nitrogen and oxygen atoms in total. The maximum absolute atomic E-state index is 12.1. The molecule has 1 rings (SSSR count). The number of amides is 1. The van der Waals surface area contributed by atoms with Gasteiger partial charge in [0.1, 0.15) is 11.4 Å². The lowest BCUT2D eigenvalue weighted by Gasteiger charge is -2.33. The molecule has 4 heteroatoms. The molecule has 1 fully saturated rings. The van der Waals surface area contributed by atoms with Crippen molar-refractivity contribution in [1.29, 1.82) is 0 Å². The van der Waals surface area contributed by atoms with E-state index in [1.807, 2.05) is 20.8 Å². The molecule has 1 amide bonds. The van der Waals surface area contributed by atoms with Crippen molar-refractivity contribution in [3.05, 3.63) is 0 Å². The van der Waals surface area contributed by atoms with Crippen LogP contribution in [-0.2, 0) is 9.53 Å². The highest BCUT2D eigenvalue weighted by Gasteiger charge is 2.31. The molecule has 1 aliphatic rings. The molecule has 0 aromatic carbocycles. The molecule has 1 heterocycles. The van der Waals surface area contributed by atoms with E-state index in [2.05, 4.69) is 6.92 Å². The van der Waals surface area contributed by atoms with Gasteiger partial charge in [0.2, 0.25) is 0 Å². The summed E-state index contributed by atoms with van der Waals surface area (Å²) in [5, 5.41) is 0. The zero-order valence-electron chi connectivity index (χ0n) is 14.8. The summed E-state index contributed by atoms with van der Waals surface area (Å²) in [5.41, 5.74) is -0.479. The molecule has 0 spiro atoms. The Morgan fingerprint density at radius 2 is 1.82 bits per heavy atom. The lowest BCUT2D eigenvalue weighted by molar-refractivity contribution is -0.126. The monoisotopic (exact) mass is 311 g/mol. The number of ether oxygens (including phenoxy) is 1. The highest BCUT2D eigenvalue weighted by Crippen LogP contribution is 2.21. The first-order valence-corrected chi connectivity index (χ1v) is 8.84. The van der Waals surface area contributed by atoms with Crippen LogP contribution < -0.4 is 0 Å². The molecule has 0 N–H and O–H groups in total. The summed E-state index contributed by atoms with van der Waals surface area (Å²) >= 11 is 0. The summed E-state index contributed by atoms with van der Waals surface area (Å²) in [5.74, 6) is 0.320. The first kappa shape index (κ1) is 19.0. The molecule has 0 radical (unpaired) electrons. The number of rotatable bonds is 7. The number of likely N-dealkylation sites (tertiary alicyclic amines) is 1. The SMILES string of the molecule is CCCCCCCCC1CN(C(=O)OC(C)(C)C)CCC1=O. The molecule has 1 aliphatic heterocycles. The summed E-state index contributed by atoms with van der Waals surface area (Å²) < 4.78 is 5.41. The molecule has 1 atom stereocenters. The minimum atomic E-state index is -0.479. The molecule has 128 valence electrons. The van der Waals surface area contributed by atoms with Gasteiger partial charge >= 0.3 is 6.09 Å². The summed E-state index contributed by atoms with van der Waals surface area (Å²) in [6.45, 7) is 8.85. The van der Waals surface area contributed by atoms with E-state index in [9.17, 15) is 9.59 Å². The van der Waals surface area contributed by atoms with Crippen molar-refractivity contribution in [2.24, 2.45) is 5.92 Å². The van der Waals surface area contributed by atoms with E-state index in [0.29, 0.717) is 25.3 Å². The fourth-order valence-corrected chi connectivity index (χ4v) is 2.82. The van der Waals surface area contributed by atoms with Gasteiger partial charge in [-0.1, -0.05) is 45.4 Å². The normalized spacial score (nSPS) is 19.4. The third-order valence-corrected chi connectivity index (χ3v) is 4.08. The van der Waals surface area contributed by atoms with Crippen LogP contribution in [0.4, 0.5) is 4.79 Å². The third kappa shape index (κ3) is 7.28. The van der Waals surface area contributed by atoms with Crippen molar-refractivity contribution < 1.29 is 14.3 Å². The second-order valence-corrected chi connectivity index (χ2v) is 7.40. The number of hydrogen-bond acceptors (Lipinski definition) is 3. The molecule has 0 aliphatic carbocycles. The van der Waals surface area contributed by atoms with Crippen molar-refractivity contribution >= 4 is 11.9 Å². The summed E-state index contributed by atoms with van der Waals surface area (Å²) in [6, 6.07) is 0. The van der Waals surface area contributed by atoms with Crippen molar-refractivity contribution in [1.82, 2.24) is 4.90 Å². The fraction of sp³-hybridized carbons (Fsp3) is 0.889. The highest BCUT2D eigenvalue weighted by atomic mass is 16.6. The molecular weight excluding hydrogens is 278 g/mol. The average Bonchev–Trinajstić information content (AvgIpc) is 2.42. The number of ketones is 1. The highest BCUT2D eigenvalue weighted by molar-refractivity contribution is 5.84. The van der Waals surface area contributed by atoms with Crippen molar-refractivity contribution in [3.63, 3.8) is 0 Å². The van der Waals surface area contributed by atoms with Gasteiger partial charge in [-0.25, -0.2) is 4.79 Å². The van der Waals surface area contributed by atoms with Crippen LogP contribution in [0.15, 0.2) is 0 Å². The molecule has 0 saturated carbocycles. The molecule has 1 saturated heterocycles. The van der Waals surface area contributed by atoms with Gasteiger partial charge in [0.15, 0.2) is 0 Å². The standard InChI is InChI=1S/C18H33NO3/c1-5-6-7-8-9-10-11-15-14-19(13-12-16(15)20)17(21)22-18(2,3)4/h15H,5-14H2,1-4H3. The van der Waals surface area contributed by atoms with Gasteiger partial charge in [0, 0.05) is 25.4 Å². The van der Waals surface area contributed by atoms with Gasteiger partial charge in [-0.2, -0.15) is 0 Å². The molecule has 0 aromatic rings. The van der Waals surface area contributed by atoms with Crippen LogP contribution in [0, 0.1) is 5.92 Å². The lowest BCUT2D eigenvalue weighted by Crippen LogP contribution is -2.46. The van der Waals surface area contributed by atoms with Crippen molar-refractivity contribution in [2.75, 3.05) is 13.1 Å². The Labute approximate surface area is 135 Å². The Balaban J connectivity index is 2.34. The number of carbonyl (C=O) groups excluding carboxylic acids is 2. The molecular formula is C18H33NO3. The number of unbranched alkanes of at least 4 members (excludes halogenated alkanes) is 5. The van der Waals surface area contributed by atoms with Gasteiger partial charge in [-0.15, -0.1) is 0 Å². The van der Waals surface area contributed by atoms with E-state index in [-0.39, 0.29) is 12.0 Å². The summed E-state index contributed by atoms with van der Waals surface area (Å²) in [6.07, 6.45) is 8.47. The van der Waals surface area contributed by atoms with Crippen molar-refractivity contribution in [3.8, 4) is 0 Å². The quantitative estimate of drug-likeness (QED) is 0.647. The average molecular weight is 311 g/mol. The smallest absolute Gasteiger partial charge is 0.410 e. The Morgan fingerprint density at radius 1 is 1.18 bits per heavy atom. The first-order chi connectivity index (χ1) is 10.3. The van der Waals surface area contributed by atoms with Gasteiger partial charge in [0.25, 0.3) is 0 Å². The van der Waals surface area contributed by atoms with E-state index >= 15 is 0 Å². The van der Waals surface area contributed by atoms with Gasteiger partial charge in [-0.05, 0) is 27.2 Å². The van der Waals surface area contributed by atoms with Crippen LogP contribution in [-0.4, -0.2) is 35.5 Å². The van der Waals surface area contributed by atoms with E-state index < -0.39 is 5.60 Å². The van der Waals surface area contributed by atoms with E-state index in [1.165, 1.54) is 32.1 Å². The van der Waals surface area contributed by atoms with Crippen LogP contribution in [0.3, 0.4) is 0 Å². The maximum atomic E-state index is 12.1. The van der Waals surface area contributed by atoms with Crippen LogP contribution in [0.5, 0.6) is 0 Å². The summed E-state index contributed by atoms with van der Waals surface area (Å²) in [4.78, 5) is 25.8. The third-order valence-electron chi connectivity index (χ3n) is 4.08. The number of hydrogen-bond donors (Lipinski definition) is 0. The van der Waals surface area contributed by atoms with Crippen molar-refractivity contribution in [2.45, 2.75) is 84.7 Å². The lowest BCUT2D eigenvalue weighted by atomic mass is 9.91. The molecule has 0 aromatic heterocycles. The van der Waals surface area contributed by atoms with E-state index in [0.717, 1.165) is 12.8 Å². The molecule has 1 unspecified atom stereocenters. The zero-order valence-corrected chi connectivity index (χ0v) is 14.8. The Kier molecular flexibility index (Phi) is 7.91. The molecule has 0 bridgehead atoms. The van der Waals surface area contributed by atoms with Gasteiger partial charge < -0.3 is 9.64 Å². The predicted molar refractivity (Wildman–Crippen MR) is 88.9 cm³/mol. The number of carbonyl (C=O) groups is 2. The fourth-order valence-electron chi connectivity index (χ4n) is 2.82. The Bertz CT molecular complexity index is 360. The second-order valence-electron chi connectivity index (χ2n) is 7.40. The Hall–Kier alpha value is -1.06. The zero-order chi connectivity index (χ0) is 16.6. The van der Waals surface area contributed by atoms with E-state index in [4.69, 9.17) is 4.74 Å². The van der Waals surface area contributed by atoms with Crippen LogP contribution in [0.2, 0.25) is 0 Å². The van der Waals surface area contributed by atoms with Crippen LogP contribution >= 0.6 is 0 Å². The minimum absolute atomic E-state index is 0.00689. The van der Waals surface area contributed by atoms with Crippen LogP contribution in [0.25, 0.3) is 0 Å². The molecule has 22 heavy (non-hydrogen) atoms. The van der Waals surface area contributed by atoms with E-state index in [1.54, 1.807) is 4.90 Å². The topological polar surface area (TPSA) is 46.6 Å². The predicted octanol–water partition coefficient (Wildman–Crippen LogP) is 4.56. The van der Waals surface area contributed by atoms with Crippen LogP contribution in [0.1, 0.15) is 79.1 Å². The Morgan fingerprint density at radius 3 is 2.45 bits per heavy atom. The van der Waals surface area contributed by atoms with Gasteiger partial charge in [-0.3, -0.25) is 4.79 Å². The maximum Gasteiger partial charge on any atom is 0.410 e.